The van der Waals surface area contributed by atoms with Crippen LogP contribution in [0.3, 0.4) is 0 Å². The minimum absolute atomic E-state index is 0.0997. The number of esters is 1. The number of hydrogen-bond acceptors (Lipinski definition) is 8. The van der Waals surface area contributed by atoms with Crippen LogP contribution in [0, 0.1) is 0 Å². The predicted molar refractivity (Wildman–Crippen MR) is 314 cm³/mol. The predicted octanol–water partition coefficient (Wildman–Crippen LogP) is 19.2. The molecule has 8 nitrogen and oxygen atoms in total. The monoisotopic (exact) mass is 1050 g/mol. The Labute approximate surface area is 462 Å². The maximum Gasteiger partial charge on any atom is 0.308 e. The van der Waals surface area contributed by atoms with E-state index in [9.17, 15) is 14.4 Å². The molecule has 0 heterocycles. The van der Waals surface area contributed by atoms with Crippen LogP contribution >= 0.6 is 0 Å². The highest BCUT2D eigenvalue weighted by Crippen LogP contribution is 2.34. The van der Waals surface area contributed by atoms with Gasteiger partial charge in [-0.3, -0.25) is 14.4 Å². The molecular weight excluding hydrogens is 945 g/mol. The fourth-order valence-electron chi connectivity index (χ4n) is 9.96. The summed E-state index contributed by atoms with van der Waals surface area (Å²) >= 11 is 0. The Hall–Kier alpha value is -4.47. The second-order valence-corrected chi connectivity index (χ2v) is 20.8. The van der Waals surface area contributed by atoms with E-state index in [0.717, 1.165) is 31.2 Å². The maximum absolute atomic E-state index is 14.2. The van der Waals surface area contributed by atoms with Crippen molar-refractivity contribution in [1.82, 2.24) is 0 Å². The van der Waals surface area contributed by atoms with Crippen LogP contribution in [-0.2, 0) is 35.3 Å². The molecule has 0 radical (unpaired) electrons. The van der Waals surface area contributed by atoms with Gasteiger partial charge in [-0.2, -0.15) is 0 Å². The molecule has 0 aromatic heterocycles. The molecule has 4 aromatic rings. The molecule has 0 unspecified atom stereocenters. The number of methoxy groups -OCH3 is 2. The fraction of sp³-hybridized carbons (Fsp3) is 0.603. The van der Waals surface area contributed by atoms with Gasteiger partial charge in [0.15, 0.2) is 0 Å². The van der Waals surface area contributed by atoms with Gasteiger partial charge in [-0.1, -0.05) is 297 Å². The summed E-state index contributed by atoms with van der Waals surface area (Å²) in [6.07, 6.45) is 42.8. The highest BCUT2D eigenvalue weighted by molar-refractivity contribution is 6.02. The lowest BCUT2D eigenvalue weighted by atomic mass is 9.95. The van der Waals surface area contributed by atoms with E-state index < -0.39 is 17.5 Å². The van der Waals surface area contributed by atoms with E-state index in [0.29, 0.717) is 35.7 Å². The Morgan fingerprint density at radius 1 is 0.342 bits per heavy atom. The third-order valence-electron chi connectivity index (χ3n) is 14.5. The van der Waals surface area contributed by atoms with Crippen molar-refractivity contribution in [3.63, 3.8) is 0 Å². The van der Waals surface area contributed by atoms with Crippen molar-refractivity contribution in [2.75, 3.05) is 27.4 Å². The first-order valence-corrected chi connectivity index (χ1v) is 30.2. The summed E-state index contributed by atoms with van der Waals surface area (Å²) in [7, 11) is 2.84. The first-order valence-electron chi connectivity index (χ1n) is 30.2. The normalized spacial score (nSPS) is 11.5. The third kappa shape index (κ3) is 26.3. The Bertz CT molecular complexity index is 1980. The molecule has 0 aliphatic rings. The number of carbonyl (C=O) groups excluding carboxylic acids is 3. The number of rotatable bonds is 45. The molecule has 0 amide bonds. The van der Waals surface area contributed by atoms with Crippen molar-refractivity contribution < 1.29 is 38.1 Å². The smallest absolute Gasteiger partial charge is 0.308 e. The maximum atomic E-state index is 14.2. The van der Waals surface area contributed by atoms with Crippen LogP contribution in [0.5, 0.6) is 5.75 Å². The number of hydrogen-bond donors (Lipinski definition) is 0. The number of ketones is 2. The van der Waals surface area contributed by atoms with Gasteiger partial charge in [0.2, 0.25) is 11.6 Å². The molecule has 422 valence electrons. The first kappa shape index (κ1) is 65.8. The van der Waals surface area contributed by atoms with Crippen molar-refractivity contribution in [1.29, 1.82) is 0 Å². The number of benzene rings is 4. The topological polar surface area (TPSA) is 97.4 Å². The van der Waals surface area contributed by atoms with E-state index in [1.54, 1.807) is 48.5 Å². The van der Waals surface area contributed by atoms with Gasteiger partial charge < -0.3 is 23.7 Å². The molecule has 0 aliphatic heterocycles. The van der Waals surface area contributed by atoms with E-state index in [1.807, 2.05) is 66.7 Å². The molecule has 4 rings (SSSR count). The summed E-state index contributed by atoms with van der Waals surface area (Å²) in [5, 5.41) is 0. The largest absolute Gasteiger partial charge is 0.427 e. The van der Waals surface area contributed by atoms with Crippen molar-refractivity contribution in [3.05, 3.63) is 138 Å². The van der Waals surface area contributed by atoms with Gasteiger partial charge in [0, 0.05) is 43.4 Å². The summed E-state index contributed by atoms with van der Waals surface area (Å²) in [5.41, 5.74) is 2.41. The van der Waals surface area contributed by atoms with Crippen LogP contribution < -0.4 is 4.74 Å². The molecule has 0 spiro atoms. The number of unbranched alkanes of at least 4 members (excludes halogenated alkanes) is 30. The second kappa shape index (κ2) is 42.5. The summed E-state index contributed by atoms with van der Waals surface area (Å²) < 4.78 is 29.0. The van der Waals surface area contributed by atoms with Gasteiger partial charge in [-0.25, -0.2) is 0 Å². The molecule has 0 bridgehead atoms. The lowest BCUT2D eigenvalue weighted by Crippen LogP contribution is -2.42. The summed E-state index contributed by atoms with van der Waals surface area (Å²) in [5.74, 6) is -3.43. The lowest BCUT2D eigenvalue weighted by molar-refractivity contribution is -0.211. The Morgan fingerprint density at radius 3 is 0.934 bits per heavy atom. The van der Waals surface area contributed by atoms with Gasteiger partial charge in [-0.15, -0.1) is 0 Å². The molecular formula is C68H102O8. The van der Waals surface area contributed by atoms with Crippen LogP contribution in [0.4, 0.5) is 0 Å². The molecule has 0 saturated carbocycles. The van der Waals surface area contributed by atoms with E-state index in [-0.39, 0.29) is 11.6 Å². The molecule has 0 N–H and O–H groups in total. The van der Waals surface area contributed by atoms with Gasteiger partial charge >= 0.3 is 5.97 Å². The zero-order valence-corrected chi connectivity index (χ0v) is 48.3. The Morgan fingerprint density at radius 2 is 0.618 bits per heavy atom. The van der Waals surface area contributed by atoms with E-state index in [2.05, 4.69) is 13.8 Å². The average Bonchev–Trinajstić information content (AvgIpc) is 3.45. The van der Waals surface area contributed by atoms with Crippen LogP contribution in [0.2, 0.25) is 0 Å². The highest BCUT2D eigenvalue weighted by atomic mass is 16.7. The standard InChI is InChI=1S/C50H84O3.C18H18O5/c1-3-5-7-9-11-13-15-17-19-21-23-25-27-29-31-39-45-52-50(48-43-37-34-38-44-48,49(51)47-41-35-33-36-42-47)53-46-40-32-30-28-26-24-22-20-18-16-14-12-10-8-6-4-2;1-13(19)23-16-11-9-14(10-12-16)17(20)18(21-2,22-3)15-7-5-4-6-8-15/h33-38,41-44H,3-32,39-40,45-46H2,1-2H3;4-12H,1-3H3. The molecule has 0 saturated heterocycles. The van der Waals surface area contributed by atoms with Crippen LogP contribution in [0.15, 0.2) is 115 Å². The van der Waals surface area contributed by atoms with E-state index >= 15 is 0 Å². The molecule has 0 aliphatic carbocycles. The van der Waals surface area contributed by atoms with Crippen molar-refractivity contribution in [3.8, 4) is 5.75 Å². The number of carbonyl (C=O) groups is 3. The minimum atomic E-state index is -1.52. The van der Waals surface area contributed by atoms with Crippen molar-refractivity contribution in [2.45, 2.75) is 238 Å². The third-order valence-corrected chi connectivity index (χ3v) is 14.5. The molecule has 0 fully saturated rings. The zero-order valence-electron chi connectivity index (χ0n) is 48.3. The van der Waals surface area contributed by atoms with Crippen LogP contribution in [0.25, 0.3) is 0 Å². The Balaban J connectivity index is 0.000000546. The SMILES string of the molecule is CCCCCCCCCCCCCCCCCCOC(OCCCCCCCCCCCCCCCCCC)(C(=O)c1ccccc1)c1ccccc1.COC(OC)(C(=O)c1ccc(OC(C)=O)cc1)c1ccccc1. The summed E-state index contributed by atoms with van der Waals surface area (Å²) in [6, 6.07) is 34.7. The van der Waals surface area contributed by atoms with Crippen LogP contribution in [-0.4, -0.2) is 45.0 Å². The Kier molecular flexibility index (Phi) is 36.8. The quantitative estimate of drug-likeness (QED) is 0.0142. The molecule has 4 aromatic carbocycles. The first-order chi connectivity index (χ1) is 37.3. The summed E-state index contributed by atoms with van der Waals surface area (Å²) in [4.78, 5) is 38.1. The van der Waals surface area contributed by atoms with E-state index in [1.165, 1.54) is 201 Å². The highest BCUT2D eigenvalue weighted by Gasteiger charge is 2.44. The summed E-state index contributed by atoms with van der Waals surface area (Å²) in [6.45, 7) is 6.94. The van der Waals surface area contributed by atoms with E-state index in [4.69, 9.17) is 23.7 Å². The number of ether oxygens (including phenoxy) is 5. The van der Waals surface area contributed by atoms with Crippen molar-refractivity contribution >= 4 is 17.5 Å². The second-order valence-electron chi connectivity index (χ2n) is 20.8. The minimum Gasteiger partial charge on any atom is -0.427 e. The van der Waals surface area contributed by atoms with Gasteiger partial charge in [0.25, 0.3) is 11.6 Å². The fourth-order valence-corrected chi connectivity index (χ4v) is 9.96. The molecule has 8 heteroatoms. The molecule has 0 atom stereocenters. The lowest BCUT2D eigenvalue weighted by Gasteiger charge is -2.33. The van der Waals surface area contributed by atoms with Crippen LogP contribution in [0.1, 0.15) is 258 Å². The van der Waals surface area contributed by atoms with Gasteiger partial charge in [0.1, 0.15) is 5.75 Å². The average molecular weight is 1050 g/mol. The molecule has 76 heavy (non-hydrogen) atoms. The number of Topliss-reactive ketones (excluding diaryl/α,β-unsaturated/α-hetero) is 2. The van der Waals surface area contributed by atoms with Crippen molar-refractivity contribution in [2.24, 2.45) is 0 Å². The zero-order chi connectivity index (χ0) is 54.6. The van der Waals surface area contributed by atoms with Gasteiger partial charge in [-0.05, 0) is 37.1 Å². The van der Waals surface area contributed by atoms with Gasteiger partial charge in [0.05, 0.1) is 13.2 Å².